The number of nitrogens with two attached hydrogens (primary N) is 1. The summed E-state index contributed by atoms with van der Waals surface area (Å²) in [5, 5.41) is 3.66. The summed E-state index contributed by atoms with van der Waals surface area (Å²) in [5.41, 5.74) is 5.78. The Morgan fingerprint density at radius 1 is 1.47 bits per heavy atom. The summed E-state index contributed by atoms with van der Waals surface area (Å²) in [6.07, 6.45) is 2.45. The van der Waals surface area contributed by atoms with E-state index in [9.17, 15) is 4.79 Å². The molecule has 0 radical (unpaired) electrons. The standard InChI is InChI=1S/C9H15N3O3/c10-6-9(1-3-14-4-2-9)5-7-11-8(13)15-12-7/h1-6,10H2,(H,11,12,13). The van der Waals surface area contributed by atoms with Gasteiger partial charge in [0.2, 0.25) is 0 Å². The third-order valence-corrected chi connectivity index (χ3v) is 3.01. The second-order valence-electron chi connectivity index (χ2n) is 4.03. The van der Waals surface area contributed by atoms with Gasteiger partial charge < -0.3 is 10.5 Å². The lowest BCUT2D eigenvalue weighted by molar-refractivity contribution is 0.0180. The van der Waals surface area contributed by atoms with Crippen LogP contribution < -0.4 is 11.5 Å². The maximum Gasteiger partial charge on any atom is 0.438 e. The maximum absolute atomic E-state index is 10.8. The summed E-state index contributed by atoms with van der Waals surface area (Å²) >= 11 is 0. The molecule has 0 unspecified atom stereocenters. The van der Waals surface area contributed by atoms with Crippen LogP contribution in [0.25, 0.3) is 0 Å². The van der Waals surface area contributed by atoms with Crippen molar-refractivity contribution < 1.29 is 9.26 Å². The van der Waals surface area contributed by atoms with E-state index in [2.05, 4.69) is 14.7 Å². The average Bonchev–Trinajstić information content (AvgIpc) is 2.65. The summed E-state index contributed by atoms with van der Waals surface area (Å²) in [6, 6.07) is 0. The number of hydrogen-bond acceptors (Lipinski definition) is 5. The van der Waals surface area contributed by atoms with E-state index in [1.54, 1.807) is 0 Å². The second-order valence-corrected chi connectivity index (χ2v) is 4.03. The van der Waals surface area contributed by atoms with E-state index < -0.39 is 5.76 Å². The van der Waals surface area contributed by atoms with Crippen LogP contribution in [0.5, 0.6) is 0 Å². The van der Waals surface area contributed by atoms with E-state index in [1.165, 1.54) is 0 Å². The lowest BCUT2D eigenvalue weighted by Gasteiger charge is -2.35. The highest BCUT2D eigenvalue weighted by Crippen LogP contribution is 2.32. The van der Waals surface area contributed by atoms with Crippen molar-refractivity contribution >= 4 is 0 Å². The first kappa shape index (κ1) is 10.4. The van der Waals surface area contributed by atoms with Gasteiger partial charge in [-0.15, -0.1) is 0 Å². The summed E-state index contributed by atoms with van der Waals surface area (Å²) in [5.74, 6) is 0.0663. The zero-order chi connectivity index (χ0) is 10.7. The van der Waals surface area contributed by atoms with Crippen molar-refractivity contribution in [1.82, 2.24) is 10.1 Å². The molecule has 1 aromatic heterocycles. The van der Waals surface area contributed by atoms with Crippen molar-refractivity contribution in [2.24, 2.45) is 11.1 Å². The fraction of sp³-hybridized carbons (Fsp3) is 0.778. The number of ether oxygens (including phenoxy) is 1. The van der Waals surface area contributed by atoms with Gasteiger partial charge in [0, 0.05) is 19.6 Å². The summed E-state index contributed by atoms with van der Waals surface area (Å²) in [7, 11) is 0. The minimum absolute atomic E-state index is 0.00192. The fourth-order valence-corrected chi connectivity index (χ4v) is 1.95. The zero-order valence-electron chi connectivity index (χ0n) is 8.49. The van der Waals surface area contributed by atoms with Crippen molar-refractivity contribution in [2.75, 3.05) is 19.8 Å². The molecule has 1 aromatic rings. The summed E-state index contributed by atoms with van der Waals surface area (Å²) in [4.78, 5) is 13.3. The smallest absolute Gasteiger partial charge is 0.381 e. The third-order valence-electron chi connectivity index (χ3n) is 3.01. The fourth-order valence-electron chi connectivity index (χ4n) is 1.95. The minimum Gasteiger partial charge on any atom is -0.381 e. The van der Waals surface area contributed by atoms with Crippen molar-refractivity contribution in [2.45, 2.75) is 19.3 Å². The first-order valence-corrected chi connectivity index (χ1v) is 5.07. The van der Waals surface area contributed by atoms with Crippen LogP contribution >= 0.6 is 0 Å². The zero-order valence-corrected chi connectivity index (χ0v) is 8.49. The van der Waals surface area contributed by atoms with Gasteiger partial charge in [-0.1, -0.05) is 5.16 Å². The van der Waals surface area contributed by atoms with Gasteiger partial charge in [-0.3, -0.25) is 9.51 Å². The van der Waals surface area contributed by atoms with Gasteiger partial charge in [-0.25, -0.2) is 4.79 Å². The van der Waals surface area contributed by atoms with Crippen LogP contribution in [0.2, 0.25) is 0 Å². The van der Waals surface area contributed by atoms with Crippen molar-refractivity contribution in [3.8, 4) is 0 Å². The van der Waals surface area contributed by atoms with Crippen LogP contribution in [0.3, 0.4) is 0 Å². The van der Waals surface area contributed by atoms with Crippen molar-refractivity contribution in [1.29, 1.82) is 0 Å². The Kier molecular flexibility index (Phi) is 2.88. The molecule has 2 rings (SSSR count). The van der Waals surface area contributed by atoms with Gasteiger partial charge in [0.1, 0.15) is 0 Å². The Hall–Kier alpha value is -1.14. The number of hydrogen-bond donors (Lipinski definition) is 2. The van der Waals surface area contributed by atoms with E-state index in [1.807, 2.05) is 0 Å². The molecule has 1 saturated heterocycles. The molecule has 0 spiro atoms. The van der Waals surface area contributed by atoms with Gasteiger partial charge >= 0.3 is 5.76 Å². The molecular formula is C9H15N3O3. The normalized spacial score (nSPS) is 20.3. The average molecular weight is 213 g/mol. The number of nitrogens with zero attached hydrogens (tertiary/aromatic N) is 1. The molecule has 1 aliphatic rings. The van der Waals surface area contributed by atoms with Gasteiger partial charge in [-0.2, -0.15) is 0 Å². The highest BCUT2D eigenvalue weighted by atomic mass is 16.5. The number of aromatic amines is 1. The Morgan fingerprint density at radius 2 is 2.20 bits per heavy atom. The van der Waals surface area contributed by atoms with Crippen LogP contribution in [-0.2, 0) is 11.2 Å². The molecule has 0 aromatic carbocycles. The predicted octanol–water partition coefficient (Wildman–Crippen LogP) is -0.339. The topological polar surface area (TPSA) is 94.1 Å². The first-order chi connectivity index (χ1) is 7.24. The predicted molar refractivity (Wildman–Crippen MR) is 52.4 cm³/mol. The van der Waals surface area contributed by atoms with Crippen LogP contribution in [0.4, 0.5) is 0 Å². The van der Waals surface area contributed by atoms with Gasteiger partial charge in [0.05, 0.1) is 0 Å². The second kappa shape index (κ2) is 4.16. The first-order valence-electron chi connectivity index (χ1n) is 5.07. The highest BCUT2D eigenvalue weighted by Gasteiger charge is 2.32. The SMILES string of the molecule is NCC1(Cc2noc(=O)[nH]2)CCOCC1. The summed E-state index contributed by atoms with van der Waals surface area (Å²) in [6.45, 7) is 2.02. The van der Waals surface area contributed by atoms with Crippen LogP contribution in [-0.4, -0.2) is 29.9 Å². The monoisotopic (exact) mass is 213 g/mol. The third kappa shape index (κ3) is 2.27. The number of H-pyrrole nitrogens is 1. The number of aromatic nitrogens is 2. The van der Waals surface area contributed by atoms with Crippen LogP contribution in [0.15, 0.2) is 9.32 Å². The molecule has 0 aliphatic carbocycles. The molecule has 0 amide bonds. The van der Waals surface area contributed by atoms with E-state index in [0.717, 1.165) is 26.1 Å². The van der Waals surface area contributed by atoms with Crippen molar-refractivity contribution in [3.05, 3.63) is 16.4 Å². The molecule has 1 aliphatic heterocycles. The van der Waals surface area contributed by atoms with E-state index >= 15 is 0 Å². The highest BCUT2D eigenvalue weighted by molar-refractivity contribution is 4.93. The molecule has 1 fully saturated rings. The van der Waals surface area contributed by atoms with E-state index in [4.69, 9.17) is 10.5 Å². The number of nitrogens with one attached hydrogen (secondary N) is 1. The molecule has 0 atom stereocenters. The Labute approximate surface area is 86.8 Å². The Bertz CT molecular complexity index is 365. The maximum atomic E-state index is 10.8. The molecule has 15 heavy (non-hydrogen) atoms. The van der Waals surface area contributed by atoms with Gasteiger partial charge in [0.25, 0.3) is 0 Å². The van der Waals surface area contributed by atoms with Crippen molar-refractivity contribution in [3.63, 3.8) is 0 Å². The molecule has 0 bridgehead atoms. The lowest BCUT2D eigenvalue weighted by Crippen LogP contribution is -2.38. The summed E-state index contributed by atoms with van der Waals surface area (Å²) < 4.78 is 9.76. The molecule has 6 heteroatoms. The molecule has 6 nitrogen and oxygen atoms in total. The minimum atomic E-state index is -0.510. The Morgan fingerprint density at radius 3 is 2.73 bits per heavy atom. The quantitative estimate of drug-likeness (QED) is 0.716. The molecule has 2 heterocycles. The van der Waals surface area contributed by atoms with Gasteiger partial charge in [-0.05, 0) is 24.8 Å². The Balaban J connectivity index is 2.09. The van der Waals surface area contributed by atoms with Crippen LogP contribution in [0.1, 0.15) is 18.7 Å². The molecule has 0 saturated carbocycles. The van der Waals surface area contributed by atoms with Gasteiger partial charge in [0.15, 0.2) is 5.82 Å². The molecule has 84 valence electrons. The van der Waals surface area contributed by atoms with E-state index in [0.29, 0.717) is 18.8 Å². The lowest BCUT2D eigenvalue weighted by atomic mass is 9.77. The van der Waals surface area contributed by atoms with E-state index in [-0.39, 0.29) is 5.41 Å². The largest absolute Gasteiger partial charge is 0.438 e. The molecular weight excluding hydrogens is 198 g/mol. The van der Waals surface area contributed by atoms with Crippen LogP contribution in [0, 0.1) is 5.41 Å². The molecule has 3 N–H and O–H groups in total. The number of rotatable bonds is 3.